The molecule has 0 bridgehead atoms. The zero-order valence-corrected chi connectivity index (χ0v) is 8.04. The van der Waals surface area contributed by atoms with E-state index in [0.717, 1.165) is 0 Å². The summed E-state index contributed by atoms with van der Waals surface area (Å²) in [7, 11) is 0.373. The van der Waals surface area contributed by atoms with E-state index in [9.17, 15) is 4.79 Å². The molecular weight excluding hydrogens is 152 g/mol. The molecule has 9 heavy (non-hydrogen) atoms. The van der Waals surface area contributed by atoms with Crippen LogP contribution in [0, 0.1) is 11.8 Å². The number of hydrogen-bond donors (Lipinski definition) is 0. The number of thiocarbonyl (C=S) groups is 1. The van der Waals surface area contributed by atoms with Crippen molar-refractivity contribution in [3.63, 3.8) is 0 Å². The van der Waals surface area contributed by atoms with Crippen LogP contribution in [-0.4, -0.2) is 21.3 Å². The van der Waals surface area contributed by atoms with E-state index in [2.05, 4.69) is 28.5 Å². The standard InChI is InChI=1S/C5H6O2SSi/c1-2-3-4(8)5(6)7-9/h1,9H3. The molecular formula is C5H6O2SSi. The van der Waals surface area contributed by atoms with Crippen molar-refractivity contribution in [2.75, 3.05) is 0 Å². The van der Waals surface area contributed by atoms with Crippen LogP contribution in [0.25, 0.3) is 0 Å². The van der Waals surface area contributed by atoms with Gasteiger partial charge in [-0.05, 0) is 12.8 Å². The Hall–Kier alpha value is -0.663. The molecule has 0 amide bonds. The molecule has 0 spiro atoms. The molecule has 48 valence electrons. The maximum Gasteiger partial charge on any atom is 0.343 e. The van der Waals surface area contributed by atoms with Gasteiger partial charge in [0, 0.05) is 0 Å². The molecule has 4 heteroatoms. The van der Waals surface area contributed by atoms with Crippen molar-refractivity contribution in [3.8, 4) is 11.8 Å². The predicted octanol–water partition coefficient (Wildman–Crippen LogP) is -0.797. The Labute approximate surface area is 62.1 Å². The SMILES string of the molecule is CC#CC(=S)C(=O)O[SiH3]. The summed E-state index contributed by atoms with van der Waals surface area (Å²) in [5.74, 6) is 4.45. The fourth-order valence-corrected chi connectivity index (χ4v) is 0.795. The van der Waals surface area contributed by atoms with E-state index in [0.29, 0.717) is 10.5 Å². The zero-order chi connectivity index (χ0) is 7.28. The number of carbonyl (C=O) groups is 1. The molecule has 0 N–H and O–H groups in total. The van der Waals surface area contributed by atoms with Crippen molar-refractivity contribution in [2.24, 2.45) is 0 Å². The summed E-state index contributed by atoms with van der Waals surface area (Å²) in [6, 6.07) is 0. The third kappa shape index (κ3) is 3.01. The lowest BCUT2D eigenvalue weighted by Gasteiger charge is -1.90. The van der Waals surface area contributed by atoms with Crippen LogP contribution in [-0.2, 0) is 9.22 Å². The first-order chi connectivity index (χ1) is 4.22. The molecule has 0 fully saturated rings. The van der Waals surface area contributed by atoms with Crippen molar-refractivity contribution in [2.45, 2.75) is 6.92 Å². The van der Waals surface area contributed by atoms with Crippen LogP contribution >= 0.6 is 12.2 Å². The Balaban J connectivity index is 4.00. The lowest BCUT2D eigenvalue weighted by Crippen LogP contribution is -2.11. The Bertz CT molecular complexity index is 189. The molecule has 0 atom stereocenters. The van der Waals surface area contributed by atoms with Gasteiger partial charge in [-0.15, -0.1) is 5.92 Å². The second-order valence-electron chi connectivity index (χ2n) is 1.20. The van der Waals surface area contributed by atoms with Gasteiger partial charge in [-0.2, -0.15) is 0 Å². The minimum Gasteiger partial charge on any atom is -0.524 e. The van der Waals surface area contributed by atoms with Crippen molar-refractivity contribution in [1.29, 1.82) is 0 Å². The van der Waals surface area contributed by atoms with Gasteiger partial charge in [0.1, 0.15) is 0 Å². The van der Waals surface area contributed by atoms with Gasteiger partial charge in [0.15, 0.2) is 4.86 Å². The third-order valence-corrected chi connectivity index (χ3v) is 1.25. The van der Waals surface area contributed by atoms with Gasteiger partial charge >= 0.3 is 5.97 Å². The van der Waals surface area contributed by atoms with Gasteiger partial charge in [-0.1, -0.05) is 12.2 Å². The van der Waals surface area contributed by atoms with E-state index in [1.165, 1.54) is 0 Å². The number of rotatable bonds is 1. The van der Waals surface area contributed by atoms with E-state index >= 15 is 0 Å². The van der Waals surface area contributed by atoms with E-state index in [-0.39, 0.29) is 4.86 Å². The van der Waals surface area contributed by atoms with E-state index in [1.807, 2.05) is 0 Å². The van der Waals surface area contributed by atoms with Gasteiger partial charge in [0.2, 0.25) is 10.5 Å². The number of carbonyl (C=O) groups excluding carboxylic acids is 1. The summed E-state index contributed by atoms with van der Waals surface area (Å²) in [6.45, 7) is 1.62. The summed E-state index contributed by atoms with van der Waals surface area (Å²) >= 11 is 4.55. The van der Waals surface area contributed by atoms with Crippen molar-refractivity contribution < 1.29 is 9.22 Å². The Morgan fingerprint density at radius 1 is 1.78 bits per heavy atom. The first-order valence-corrected chi connectivity index (χ1v) is 3.50. The topological polar surface area (TPSA) is 26.3 Å². The van der Waals surface area contributed by atoms with Crippen LogP contribution in [0.2, 0.25) is 0 Å². The molecule has 0 heterocycles. The molecule has 0 aromatic carbocycles. The van der Waals surface area contributed by atoms with Gasteiger partial charge in [0.25, 0.3) is 0 Å². The monoisotopic (exact) mass is 158 g/mol. The first-order valence-electron chi connectivity index (χ1n) is 2.27. The normalized spacial score (nSPS) is 7.22. The Morgan fingerprint density at radius 3 is 2.67 bits per heavy atom. The smallest absolute Gasteiger partial charge is 0.343 e. The average molecular weight is 158 g/mol. The molecule has 2 nitrogen and oxygen atoms in total. The van der Waals surface area contributed by atoms with Gasteiger partial charge < -0.3 is 4.43 Å². The summed E-state index contributed by atoms with van der Waals surface area (Å²) in [6.07, 6.45) is 0. The number of hydrogen-bond acceptors (Lipinski definition) is 3. The van der Waals surface area contributed by atoms with E-state index in [4.69, 9.17) is 0 Å². The lowest BCUT2D eigenvalue weighted by molar-refractivity contribution is -0.126. The second-order valence-corrected chi connectivity index (χ2v) is 2.01. The van der Waals surface area contributed by atoms with Crippen molar-refractivity contribution >= 4 is 33.5 Å². The average Bonchev–Trinajstić information content (AvgIpc) is 1.87. The minimum absolute atomic E-state index is 0.0625. The predicted molar refractivity (Wildman–Crippen MR) is 42.1 cm³/mol. The van der Waals surface area contributed by atoms with Gasteiger partial charge in [-0.3, -0.25) is 0 Å². The molecule has 0 rings (SSSR count). The Kier molecular flexibility index (Phi) is 3.93. The highest BCUT2D eigenvalue weighted by molar-refractivity contribution is 7.82. The van der Waals surface area contributed by atoms with E-state index < -0.39 is 5.97 Å². The Morgan fingerprint density at radius 2 is 2.33 bits per heavy atom. The molecule has 0 aliphatic heterocycles. The third-order valence-electron chi connectivity index (χ3n) is 0.609. The molecule has 0 aromatic rings. The van der Waals surface area contributed by atoms with Crippen LogP contribution in [0.15, 0.2) is 0 Å². The highest BCUT2D eigenvalue weighted by Gasteiger charge is 2.02. The molecule has 0 unspecified atom stereocenters. The van der Waals surface area contributed by atoms with Gasteiger partial charge in [-0.25, -0.2) is 4.79 Å². The largest absolute Gasteiger partial charge is 0.524 e. The first kappa shape index (κ1) is 8.34. The molecule has 0 aromatic heterocycles. The molecule has 0 saturated carbocycles. The maximum atomic E-state index is 10.5. The van der Waals surface area contributed by atoms with E-state index in [1.54, 1.807) is 6.92 Å². The second kappa shape index (κ2) is 4.24. The van der Waals surface area contributed by atoms with Crippen LogP contribution in [0.1, 0.15) is 6.92 Å². The van der Waals surface area contributed by atoms with Crippen LogP contribution in [0.3, 0.4) is 0 Å². The van der Waals surface area contributed by atoms with Crippen LogP contribution < -0.4 is 0 Å². The van der Waals surface area contributed by atoms with Crippen molar-refractivity contribution in [1.82, 2.24) is 0 Å². The summed E-state index contributed by atoms with van der Waals surface area (Å²) < 4.78 is 4.42. The summed E-state index contributed by atoms with van der Waals surface area (Å²) in [4.78, 5) is 10.5. The van der Waals surface area contributed by atoms with Crippen LogP contribution in [0.4, 0.5) is 0 Å². The molecule has 0 saturated heterocycles. The maximum absolute atomic E-state index is 10.5. The quantitative estimate of drug-likeness (QED) is 0.284. The fraction of sp³-hybridized carbons (Fsp3) is 0.200. The lowest BCUT2D eigenvalue weighted by atomic mass is 10.4. The molecule has 0 aliphatic carbocycles. The fourth-order valence-electron chi connectivity index (χ4n) is 0.257. The highest BCUT2D eigenvalue weighted by atomic mass is 32.1. The highest BCUT2D eigenvalue weighted by Crippen LogP contribution is 1.78. The summed E-state index contributed by atoms with van der Waals surface area (Å²) in [5.41, 5.74) is 0. The van der Waals surface area contributed by atoms with Crippen LogP contribution in [0.5, 0.6) is 0 Å². The molecule has 0 aliphatic rings. The molecule has 0 radical (unpaired) electrons. The minimum atomic E-state index is -0.481. The van der Waals surface area contributed by atoms with Gasteiger partial charge in [0.05, 0.1) is 0 Å². The van der Waals surface area contributed by atoms with Crippen molar-refractivity contribution in [3.05, 3.63) is 0 Å². The zero-order valence-electron chi connectivity index (χ0n) is 5.22. The summed E-state index contributed by atoms with van der Waals surface area (Å²) in [5, 5.41) is 0.